The van der Waals surface area contributed by atoms with Gasteiger partial charge in [-0.2, -0.15) is 0 Å². The molecule has 3 heteroatoms. The molecule has 0 aromatic heterocycles. The van der Waals surface area contributed by atoms with Gasteiger partial charge in [0.05, 0.1) is 7.11 Å². The van der Waals surface area contributed by atoms with Crippen molar-refractivity contribution < 1.29 is 9.53 Å². The summed E-state index contributed by atoms with van der Waals surface area (Å²) >= 11 is 0. The van der Waals surface area contributed by atoms with Crippen LogP contribution in [-0.2, 0) is 11.3 Å². The predicted molar refractivity (Wildman–Crippen MR) is 74.1 cm³/mol. The molecule has 0 atom stereocenters. The summed E-state index contributed by atoms with van der Waals surface area (Å²) in [5, 5.41) is 3.26. The summed E-state index contributed by atoms with van der Waals surface area (Å²) in [5.41, 5.74) is 2.41. The van der Waals surface area contributed by atoms with Gasteiger partial charge in [-0.15, -0.1) is 0 Å². The average Bonchev–Trinajstić information content (AvgIpc) is 2.34. The molecule has 1 aromatic carbocycles. The van der Waals surface area contributed by atoms with Crippen LogP contribution in [0.15, 0.2) is 18.2 Å². The van der Waals surface area contributed by atoms with Crippen molar-refractivity contribution in [1.82, 2.24) is 5.32 Å². The van der Waals surface area contributed by atoms with Crippen LogP contribution in [0.3, 0.4) is 0 Å². The Morgan fingerprint density at radius 1 is 1.39 bits per heavy atom. The maximum absolute atomic E-state index is 10.8. The number of Topliss-reactive ketones (excluding diaryl/α,β-unsaturated/α-hetero) is 1. The Hall–Kier alpha value is -1.35. The minimum absolute atomic E-state index is 0.213. The zero-order valence-electron chi connectivity index (χ0n) is 11.7. The van der Waals surface area contributed by atoms with Crippen molar-refractivity contribution in [1.29, 1.82) is 0 Å². The van der Waals surface area contributed by atoms with E-state index in [4.69, 9.17) is 4.74 Å². The third-order valence-corrected chi connectivity index (χ3v) is 2.95. The largest absolute Gasteiger partial charge is 0.496 e. The average molecular weight is 249 g/mol. The second kappa shape index (κ2) is 7.17. The topological polar surface area (TPSA) is 38.3 Å². The maximum atomic E-state index is 10.8. The predicted octanol–water partition coefficient (Wildman–Crippen LogP) is 2.89. The molecule has 0 aliphatic rings. The molecule has 0 spiro atoms. The minimum atomic E-state index is 0.213. The summed E-state index contributed by atoms with van der Waals surface area (Å²) in [4.78, 5) is 10.8. The quantitative estimate of drug-likeness (QED) is 0.755. The number of hydrogen-bond acceptors (Lipinski definition) is 3. The van der Waals surface area contributed by atoms with Gasteiger partial charge in [-0.05, 0) is 24.5 Å². The van der Waals surface area contributed by atoms with Crippen LogP contribution in [-0.4, -0.2) is 19.4 Å². The summed E-state index contributed by atoms with van der Waals surface area (Å²) in [6.07, 6.45) is 0.576. The number of benzene rings is 1. The highest BCUT2D eigenvalue weighted by Gasteiger charge is 2.06. The van der Waals surface area contributed by atoms with E-state index in [0.717, 1.165) is 17.9 Å². The fraction of sp³-hybridized carbons (Fsp3) is 0.533. The van der Waals surface area contributed by atoms with Gasteiger partial charge in [0.1, 0.15) is 11.5 Å². The van der Waals surface area contributed by atoms with E-state index in [1.54, 1.807) is 14.0 Å². The lowest BCUT2D eigenvalue weighted by atomic mass is 10.0. The van der Waals surface area contributed by atoms with Gasteiger partial charge >= 0.3 is 0 Å². The standard InChI is InChI=1S/C15H23NO2/c1-11(2)13-5-6-14(15(9-13)18-4)10-16-8-7-12(3)17/h5-6,9,11,16H,7-8,10H2,1-4H3. The van der Waals surface area contributed by atoms with E-state index >= 15 is 0 Å². The lowest BCUT2D eigenvalue weighted by Gasteiger charge is -2.13. The molecule has 0 bridgehead atoms. The second-order valence-electron chi connectivity index (χ2n) is 4.85. The monoisotopic (exact) mass is 249 g/mol. The van der Waals surface area contributed by atoms with Gasteiger partial charge < -0.3 is 10.1 Å². The van der Waals surface area contributed by atoms with Gasteiger partial charge in [-0.25, -0.2) is 0 Å². The molecule has 0 fully saturated rings. The van der Waals surface area contributed by atoms with Crippen LogP contribution in [0.2, 0.25) is 0 Å². The number of methoxy groups -OCH3 is 1. The Morgan fingerprint density at radius 3 is 2.67 bits per heavy atom. The van der Waals surface area contributed by atoms with Crippen molar-refractivity contribution in [2.45, 2.75) is 39.7 Å². The Kier molecular flexibility index (Phi) is 5.86. The van der Waals surface area contributed by atoms with Crippen molar-refractivity contribution in [3.05, 3.63) is 29.3 Å². The molecule has 0 saturated carbocycles. The highest BCUT2D eigenvalue weighted by Crippen LogP contribution is 2.24. The van der Waals surface area contributed by atoms with Gasteiger partial charge in [-0.3, -0.25) is 4.79 Å². The van der Waals surface area contributed by atoms with Crippen LogP contribution >= 0.6 is 0 Å². The minimum Gasteiger partial charge on any atom is -0.496 e. The molecular formula is C15H23NO2. The van der Waals surface area contributed by atoms with Gasteiger partial charge in [0.2, 0.25) is 0 Å². The third-order valence-electron chi connectivity index (χ3n) is 2.95. The zero-order chi connectivity index (χ0) is 13.5. The number of nitrogens with one attached hydrogen (secondary N) is 1. The van der Waals surface area contributed by atoms with Crippen LogP contribution in [0.5, 0.6) is 5.75 Å². The fourth-order valence-corrected chi connectivity index (χ4v) is 1.75. The van der Waals surface area contributed by atoms with E-state index in [1.807, 2.05) is 0 Å². The SMILES string of the molecule is COc1cc(C(C)C)ccc1CNCCC(C)=O. The van der Waals surface area contributed by atoms with Gasteiger partial charge in [0.25, 0.3) is 0 Å². The molecule has 0 aliphatic carbocycles. The van der Waals surface area contributed by atoms with Crippen molar-refractivity contribution in [3.63, 3.8) is 0 Å². The normalized spacial score (nSPS) is 10.7. The first kappa shape index (κ1) is 14.7. The summed E-state index contributed by atoms with van der Waals surface area (Å²) < 4.78 is 5.41. The number of ether oxygens (including phenoxy) is 1. The fourth-order valence-electron chi connectivity index (χ4n) is 1.75. The van der Waals surface area contributed by atoms with E-state index in [-0.39, 0.29) is 5.78 Å². The van der Waals surface area contributed by atoms with E-state index in [0.29, 0.717) is 18.9 Å². The number of carbonyl (C=O) groups is 1. The Labute approximate surface area is 110 Å². The highest BCUT2D eigenvalue weighted by molar-refractivity contribution is 5.75. The maximum Gasteiger partial charge on any atom is 0.131 e. The van der Waals surface area contributed by atoms with E-state index < -0.39 is 0 Å². The van der Waals surface area contributed by atoms with Gasteiger partial charge in [0, 0.05) is 25.1 Å². The second-order valence-corrected chi connectivity index (χ2v) is 4.85. The van der Waals surface area contributed by atoms with E-state index in [9.17, 15) is 4.79 Å². The van der Waals surface area contributed by atoms with E-state index in [1.165, 1.54) is 5.56 Å². The Morgan fingerprint density at radius 2 is 2.11 bits per heavy atom. The Bertz CT molecular complexity index is 399. The lowest BCUT2D eigenvalue weighted by Crippen LogP contribution is -2.17. The molecule has 0 radical (unpaired) electrons. The van der Waals surface area contributed by atoms with E-state index in [2.05, 4.69) is 37.4 Å². The molecule has 18 heavy (non-hydrogen) atoms. The molecule has 0 saturated heterocycles. The molecule has 0 heterocycles. The van der Waals surface area contributed by atoms with Crippen LogP contribution < -0.4 is 10.1 Å². The van der Waals surface area contributed by atoms with Crippen molar-refractivity contribution in [2.24, 2.45) is 0 Å². The van der Waals surface area contributed by atoms with Crippen molar-refractivity contribution >= 4 is 5.78 Å². The molecule has 1 aromatic rings. The zero-order valence-corrected chi connectivity index (χ0v) is 11.7. The molecular weight excluding hydrogens is 226 g/mol. The summed E-state index contributed by atoms with van der Waals surface area (Å²) in [5.74, 6) is 1.62. The first-order valence-electron chi connectivity index (χ1n) is 6.41. The first-order valence-corrected chi connectivity index (χ1v) is 6.41. The Balaban J connectivity index is 2.62. The molecule has 1 N–H and O–H groups in total. The molecule has 0 aliphatic heterocycles. The third kappa shape index (κ3) is 4.49. The van der Waals surface area contributed by atoms with Crippen LogP contribution in [0.1, 0.15) is 44.2 Å². The van der Waals surface area contributed by atoms with Crippen LogP contribution in [0, 0.1) is 0 Å². The molecule has 1 rings (SSSR count). The first-order chi connectivity index (χ1) is 8.54. The smallest absolute Gasteiger partial charge is 0.131 e. The number of ketones is 1. The van der Waals surface area contributed by atoms with Gasteiger partial charge in [-0.1, -0.05) is 26.0 Å². The summed E-state index contributed by atoms with van der Waals surface area (Å²) in [7, 11) is 1.69. The highest BCUT2D eigenvalue weighted by atomic mass is 16.5. The number of hydrogen-bond donors (Lipinski definition) is 1. The molecule has 3 nitrogen and oxygen atoms in total. The number of rotatable bonds is 7. The molecule has 100 valence electrons. The van der Waals surface area contributed by atoms with Crippen molar-refractivity contribution in [3.8, 4) is 5.75 Å². The number of carbonyl (C=O) groups excluding carboxylic acids is 1. The summed E-state index contributed by atoms with van der Waals surface area (Å²) in [6, 6.07) is 6.32. The van der Waals surface area contributed by atoms with Crippen molar-refractivity contribution in [2.75, 3.05) is 13.7 Å². The van der Waals surface area contributed by atoms with Crippen LogP contribution in [0.25, 0.3) is 0 Å². The summed E-state index contributed by atoms with van der Waals surface area (Å²) in [6.45, 7) is 7.39. The van der Waals surface area contributed by atoms with Crippen LogP contribution in [0.4, 0.5) is 0 Å². The lowest BCUT2D eigenvalue weighted by molar-refractivity contribution is -0.116. The molecule has 0 amide bonds. The van der Waals surface area contributed by atoms with Gasteiger partial charge in [0.15, 0.2) is 0 Å². The molecule has 0 unspecified atom stereocenters.